The van der Waals surface area contributed by atoms with Crippen molar-refractivity contribution < 1.29 is 32.3 Å². The van der Waals surface area contributed by atoms with E-state index in [0.717, 1.165) is 13.1 Å². The second kappa shape index (κ2) is 13.8. The molecule has 2 aliphatic rings. The number of aromatic amines is 1. The molecule has 48 heavy (non-hydrogen) atoms. The third kappa shape index (κ3) is 7.10. The fourth-order valence-corrected chi connectivity index (χ4v) is 6.78. The number of anilines is 3. The van der Waals surface area contributed by atoms with Crippen LogP contribution < -0.4 is 20.9 Å². The highest BCUT2D eigenvalue weighted by molar-refractivity contribution is 7.99. The van der Waals surface area contributed by atoms with E-state index in [1.807, 2.05) is 11.9 Å². The van der Waals surface area contributed by atoms with E-state index in [2.05, 4.69) is 25.4 Å². The van der Waals surface area contributed by atoms with Crippen LogP contribution in [-0.4, -0.2) is 96.5 Å². The lowest BCUT2D eigenvalue weighted by Gasteiger charge is -2.37. The van der Waals surface area contributed by atoms with E-state index in [4.69, 9.17) is 10.5 Å². The standard InChI is InChI=1S/C32H33F3N8O4S/c1-41-10-12-42(13-11-41)20-6-7-22(25(16-20)43(31(46)32(33,34)35)19-8-14-47-15-9-19)30(45)38-29-24-17-21(18-37-28(24)39-40-29)48-26-5-3-2-4-23(26)27(36)44/h2-7,16-19H,8-15H2,1H3,(H2,36,44)(H2,37,38,39,40,45). The van der Waals surface area contributed by atoms with Gasteiger partial charge in [0, 0.05) is 67.1 Å². The Morgan fingerprint density at radius 1 is 1.04 bits per heavy atom. The fourth-order valence-electron chi connectivity index (χ4n) is 5.82. The van der Waals surface area contributed by atoms with Gasteiger partial charge >= 0.3 is 12.1 Å². The minimum absolute atomic E-state index is 0.0852. The zero-order valence-electron chi connectivity index (χ0n) is 25.9. The topological polar surface area (TPSA) is 150 Å². The highest BCUT2D eigenvalue weighted by Crippen LogP contribution is 2.36. The van der Waals surface area contributed by atoms with Gasteiger partial charge in [-0.3, -0.25) is 19.5 Å². The Balaban J connectivity index is 1.37. The van der Waals surface area contributed by atoms with Gasteiger partial charge in [0.25, 0.3) is 5.91 Å². The number of carbonyl (C=O) groups is 3. The summed E-state index contributed by atoms with van der Waals surface area (Å²) in [5.74, 6) is -3.31. The van der Waals surface area contributed by atoms with E-state index < -0.39 is 29.9 Å². The summed E-state index contributed by atoms with van der Waals surface area (Å²) in [5.41, 5.74) is 6.55. The molecule has 2 aromatic heterocycles. The number of ether oxygens (including phenoxy) is 1. The number of aromatic nitrogens is 3. The molecule has 0 aliphatic carbocycles. The number of nitrogens with one attached hydrogen (secondary N) is 2. The van der Waals surface area contributed by atoms with Crippen molar-refractivity contribution in [1.82, 2.24) is 20.1 Å². The molecule has 2 fully saturated rings. The zero-order chi connectivity index (χ0) is 34.0. The average Bonchev–Trinajstić information content (AvgIpc) is 3.47. The molecule has 4 aromatic rings. The smallest absolute Gasteiger partial charge is 0.381 e. The number of amides is 3. The Hall–Kier alpha value is -4.67. The summed E-state index contributed by atoms with van der Waals surface area (Å²) in [4.78, 5) is 49.4. The molecule has 0 saturated carbocycles. The van der Waals surface area contributed by atoms with Crippen LogP contribution in [0.25, 0.3) is 11.0 Å². The van der Waals surface area contributed by atoms with Crippen LogP contribution in [0.1, 0.15) is 33.6 Å². The Bertz CT molecular complexity index is 1840. The Kier molecular flexibility index (Phi) is 9.57. The molecule has 0 spiro atoms. The predicted molar refractivity (Wildman–Crippen MR) is 174 cm³/mol. The van der Waals surface area contributed by atoms with Crippen molar-refractivity contribution in [2.75, 3.05) is 61.6 Å². The number of H-pyrrole nitrogens is 1. The second-order valence-electron chi connectivity index (χ2n) is 11.6. The number of rotatable bonds is 8. The number of alkyl halides is 3. The predicted octanol–water partition coefficient (Wildman–Crippen LogP) is 4.29. The first-order valence-corrected chi connectivity index (χ1v) is 16.1. The van der Waals surface area contributed by atoms with Gasteiger partial charge in [-0.15, -0.1) is 0 Å². The number of nitrogens with zero attached hydrogens (tertiary/aromatic N) is 5. The van der Waals surface area contributed by atoms with Gasteiger partial charge in [-0.05, 0) is 56.3 Å². The molecule has 4 N–H and O–H groups in total. The summed E-state index contributed by atoms with van der Waals surface area (Å²) >= 11 is 1.24. The summed E-state index contributed by atoms with van der Waals surface area (Å²) in [6.07, 6.45) is -3.26. The summed E-state index contributed by atoms with van der Waals surface area (Å²) in [7, 11) is 1.99. The van der Waals surface area contributed by atoms with Gasteiger partial charge in [0.05, 0.1) is 22.2 Å². The number of primary amides is 1. The number of hydrogen-bond donors (Lipinski definition) is 3. The number of piperazine rings is 1. The molecule has 2 aliphatic heterocycles. The van der Waals surface area contributed by atoms with Crippen LogP contribution in [0.4, 0.5) is 30.4 Å². The lowest BCUT2D eigenvalue weighted by atomic mass is 10.0. The molecular formula is C32H33F3N8O4S. The molecule has 2 saturated heterocycles. The van der Waals surface area contributed by atoms with E-state index in [1.165, 1.54) is 23.9 Å². The van der Waals surface area contributed by atoms with Crippen molar-refractivity contribution >= 4 is 57.7 Å². The summed E-state index contributed by atoms with van der Waals surface area (Å²) in [5, 5.41) is 10.1. The maximum Gasteiger partial charge on any atom is 0.471 e. The Labute approximate surface area is 277 Å². The van der Waals surface area contributed by atoms with Crippen molar-refractivity contribution in [3.63, 3.8) is 0 Å². The Morgan fingerprint density at radius 3 is 2.48 bits per heavy atom. The maximum absolute atomic E-state index is 14.1. The lowest BCUT2D eigenvalue weighted by Crippen LogP contribution is -2.50. The van der Waals surface area contributed by atoms with Crippen molar-refractivity contribution in [2.45, 2.75) is 34.9 Å². The van der Waals surface area contributed by atoms with E-state index in [0.29, 0.717) is 50.1 Å². The third-order valence-electron chi connectivity index (χ3n) is 8.37. The van der Waals surface area contributed by atoms with Crippen LogP contribution in [0.5, 0.6) is 0 Å². The van der Waals surface area contributed by atoms with Crippen LogP contribution in [-0.2, 0) is 9.53 Å². The molecule has 6 rings (SSSR count). The van der Waals surface area contributed by atoms with Gasteiger partial charge in [0.15, 0.2) is 11.5 Å². The number of nitrogens with two attached hydrogens (primary N) is 1. The van der Waals surface area contributed by atoms with E-state index in [-0.39, 0.29) is 43.1 Å². The molecule has 2 aromatic carbocycles. The van der Waals surface area contributed by atoms with Gasteiger partial charge in [-0.25, -0.2) is 4.98 Å². The highest BCUT2D eigenvalue weighted by Gasteiger charge is 2.46. The van der Waals surface area contributed by atoms with E-state index in [1.54, 1.807) is 42.6 Å². The molecule has 0 bridgehead atoms. The summed E-state index contributed by atoms with van der Waals surface area (Å²) in [6, 6.07) is 12.3. The van der Waals surface area contributed by atoms with Crippen molar-refractivity contribution in [3.8, 4) is 0 Å². The number of fused-ring (bicyclic) bond motifs is 1. The van der Waals surface area contributed by atoms with Gasteiger partial charge in [0.2, 0.25) is 5.91 Å². The SMILES string of the molecule is CN1CCN(c2ccc(C(=O)Nc3n[nH]c4ncc(Sc5ccccc5C(N)=O)cc34)c(N(C(=O)C(F)(F)F)C3CCOCC3)c2)CC1. The minimum atomic E-state index is -5.18. The molecule has 0 radical (unpaired) electrons. The molecular weight excluding hydrogens is 649 g/mol. The van der Waals surface area contributed by atoms with Gasteiger partial charge in [0.1, 0.15) is 0 Å². The van der Waals surface area contributed by atoms with Gasteiger partial charge in [-0.1, -0.05) is 23.9 Å². The monoisotopic (exact) mass is 682 g/mol. The first-order valence-electron chi connectivity index (χ1n) is 15.3. The quantitative estimate of drug-likeness (QED) is 0.248. The number of pyridine rings is 1. The first kappa shape index (κ1) is 33.2. The van der Waals surface area contributed by atoms with Gasteiger partial charge in [-0.2, -0.15) is 18.3 Å². The van der Waals surface area contributed by atoms with Crippen LogP contribution in [0, 0.1) is 0 Å². The second-order valence-corrected chi connectivity index (χ2v) is 12.7. The molecule has 3 amide bonds. The van der Waals surface area contributed by atoms with Crippen molar-refractivity contribution in [2.24, 2.45) is 5.73 Å². The average molecular weight is 683 g/mol. The molecule has 0 atom stereocenters. The molecule has 4 heterocycles. The van der Waals surface area contributed by atoms with E-state index in [9.17, 15) is 27.6 Å². The first-order chi connectivity index (χ1) is 23.0. The number of likely N-dealkylation sites (N-methyl/N-ethyl adjacent to an activating group) is 1. The normalized spacial score (nSPS) is 16.2. The number of halogens is 3. The van der Waals surface area contributed by atoms with Crippen LogP contribution >= 0.6 is 11.8 Å². The van der Waals surface area contributed by atoms with E-state index >= 15 is 0 Å². The molecule has 252 valence electrons. The van der Waals surface area contributed by atoms with Crippen molar-refractivity contribution in [3.05, 3.63) is 65.9 Å². The zero-order valence-corrected chi connectivity index (χ0v) is 26.7. The number of carbonyl (C=O) groups excluding carboxylic acids is 3. The van der Waals surface area contributed by atoms with Gasteiger partial charge < -0.3 is 30.5 Å². The van der Waals surface area contributed by atoms with Crippen molar-refractivity contribution in [1.29, 1.82) is 0 Å². The number of benzene rings is 2. The highest BCUT2D eigenvalue weighted by atomic mass is 32.2. The van der Waals surface area contributed by atoms with Crippen LogP contribution in [0.15, 0.2) is 64.5 Å². The summed E-state index contributed by atoms with van der Waals surface area (Å²) in [6.45, 7) is 3.12. The Morgan fingerprint density at radius 2 is 1.77 bits per heavy atom. The molecule has 16 heteroatoms. The largest absolute Gasteiger partial charge is 0.471 e. The van der Waals surface area contributed by atoms with Crippen LogP contribution in [0.3, 0.4) is 0 Å². The molecule has 0 unspecified atom stereocenters. The molecule has 12 nitrogen and oxygen atoms in total. The fraction of sp³-hybridized carbons (Fsp3) is 0.344. The lowest BCUT2D eigenvalue weighted by molar-refractivity contribution is -0.171. The van der Waals surface area contributed by atoms with Crippen LogP contribution in [0.2, 0.25) is 0 Å². The maximum atomic E-state index is 14.1. The minimum Gasteiger partial charge on any atom is -0.381 e. The third-order valence-corrected chi connectivity index (χ3v) is 9.41. The summed E-state index contributed by atoms with van der Waals surface area (Å²) < 4.78 is 47.8. The number of hydrogen-bond acceptors (Lipinski definition) is 9.